The number of aromatic nitrogens is 1. The maximum atomic E-state index is 12.8. The van der Waals surface area contributed by atoms with E-state index in [0.717, 1.165) is 17.0 Å². The Morgan fingerprint density at radius 3 is 2.57 bits per heavy atom. The topological polar surface area (TPSA) is 64.4 Å². The number of ether oxygens (including phenoxy) is 1. The van der Waals surface area contributed by atoms with E-state index in [1.54, 1.807) is 19.4 Å². The normalized spacial score (nSPS) is 10.5. The Balaban J connectivity index is 1.65. The molecule has 1 heterocycles. The maximum Gasteiger partial charge on any atom is 0.256 e. The molecular formula is C23H18N2O3. The van der Waals surface area contributed by atoms with Gasteiger partial charge in [0.2, 0.25) is 5.89 Å². The number of nitrogens with one attached hydrogen (secondary N) is 1. The fourth-order valence-electron chi connectivity index (χ4n) is 2.90. The van der Waals surface area contributed by atoms with Crippen molar-refractivity contribution in [2.75, 3.05) is 12.4 Å². The van der Waals surface area contributed by atoms with Crippen molar-refractivity contribution in [3.05, 3.63) is 90.6 Å². The number of benzene rings is 3. The third-order valence-electron chi connectivity index (χ3n) is 4.29. The molecule has 0 unspecified atom stereocenters. The lowest BCUT2D eigenvalue weighted by Gasteiger charge is -2.08. The number of oxazole rings is 1. The van der Waals surface area contributed by atoms with Gasteiger partial charge in [0, 0.05) is 16.8 Å². The lowest BCUT2D eigenvalue weighted by Crippen LogP contribution is -2.13. The minimum absolute atomic E-state index is 0.220. The van der Waals surface area contributed by atoms with Gasteiger partial charge >= 0.3 is 0 Å². The van der Waals surface area contributed by atoms with Crippen molar-refractivity contribution in [1.29, 1.82) is 0 Å². The van der Waals surface area contributed by atoms with Gasteiger partial charge < -0.3 is 14.5 Å². The summed E-state index contributed by atoms with van der Waals surface area (Å²) in [7, 11) is 1.62. The van der Waals surface area contributed by atoms with Crippen LogP contribution in [0.3, 0.4) is 0 Å². The van der Waals surface area contributed by atoms with Gasteiger partial charge in [-0.3, -0.25) is 4.79 Å². The molecule has 0 atom stereocenters. The highest BCUT2D eigenvalue weighted by molar-refractivity contribution is 6.08. The molecule has 0 saturated carbocycles. The van der Waals surface area contributed by atoms with E-state index in [0.29, 0.717) is 22.8 Å². The summed E-state index contributed by atoms with van der Waals surface area (Å²) < 4.78 is 11.2. The number of nitrogens with zero attached hydrogens (tertiary/aromatic N) is 1. The van der Waals surface area contributed by atoms with Gasteiger partial charge in [-0.05, 0) is 36.4 Å². The van der Waals surface area contributed by atoms with E-state index in [-0.39, 0.29) is 5.91 Å². The van der Waals surface area contributed by atoms with E-state index in [4.69, 9.17) is 9.15 Å². The number of hydrogen-bond donors (Lipinski definition) is 1. The fraction of sp³-hybridized carbons (Fsp3) is 0.0435. The van der Waals surface area contributed by atoms with Gasteiger partial charge in [-0.15, -0.1) is 0 Å². The summed E-state index contributed by atoms with van der Waals surface area (Å²) in [4.78, 5) is 17.2. The van der Waals surface area contributed by atoms with Crippen LogP contribution in [0.5, 0.6) is 5.75 Å². The highest BCUT2D eigenvalue weighted by atomic mass is 16.5. The van der Waals surface area contributed by atoms with E-state index >= 15 is 0 Å². The molecule has 0 aliphatic rings. The molecule has 0 fully saturated rings. The van der Waals surface area contributed by atoms with Crippen LogP contribution in [0, 0.1) is 0 Å². The second kappa shape index (κ2) is 7.80. The van der Waals surface area contributed by atoms with Gasteiger partial charge in [0.15, 0.2) is 5.76 Å². The van der Waals surface area contributed by atoms with Gasteiger partial charge in [-0.25, -0.2) is 4.98 Å². The predicted octanol–water partition coefficient (Wildman–Crippen LogP) is 5.27. The Bertz CT molecular complexity index is 1100. The number of amides is 1. The molecule has 138 valence electrons. The molecule has 1 N–H and O–H groups in total. The van der Waals surface area contributed by atoms with Gasteiger partial charge in [0.05, 0.1) is 18.9 Å². The van der Waals surface area contributed by atoms with Crippen molar-refractivity contribution in [1.82, 2.24) is 4.98 Å². The third-order valence-corrected chi connectivity index (χ3v) is 4.29. The van der Waals surface area contributed by atoms with E-state index < -0.39 is 0 Å². The number of carbonyl (C=O) groups is 1. The number of anilines is 1. The van der Waals surface area contributed by atoms with Crippen molar-refractivity contribution in [2.45, 2.75) is 0 Å². The average Bonchev–Trinajstić information content (AvgIpc) is 3.25. The Labute approximate surface area is 162 Å². The van der Waals surface area contributed by atoms with Crippen molar-refractivity contribution >= 4 is 11.6 Å². The Kier molecular flexibility index (Phi) is 4.89. The summed E-state index contributed by atoms with van der Waals surface area (Å²) in [5.74, 6) is 1.50. The quantitative estimate of drug-likeness (QED) is 0.520. The molecule has 5 heteroatoms. The first-order chi connectivity index (χ1) is 13.7. The molecule has 0 spiro atoms. The van der Waals surface area contributed by atoms with Crippen LogP contribution in [0.1, 0.15) is 10.4 Å². The molecule has 5 nitrogen and oxygen atoms in total. The summed E-state index contributed by atoms with van der Waals surface area (Å²) in [6.07, 6.45) is 1.65. The average molecular weight is 370 g/mol. The first kappa shape index (κ1) is 17.5. The number of rotatable bonds is 5. The van der Waals surface area contributed by atoms with E-state index in [1.165, 1.54) is 0 Å². The maximum absolute atomic E-state index is 12.8. The number of para-hydroxylation sites is 1. The highest BCUT2D eigenvalue weighted by Gasteiger charge is 2.17. The summed E-state index contributed by atoms with van der Waals surface area (Å²) >= 11 is 0. The summed E-state index contributed by atoms with van der Waals surface area (Å²) in [6, 6.07) is 24.1. The van der Waals surface area contributed by atoms with Crippen LogP contribution in [0.25, 0.3) is 22.8 Å². The third kappa shape index (κ3) is 3.64. The number of methoxy groups -OCH3 is 1. The molecule has 0 bridgehead atoms. The van der Waals surface area contributed by atoms with Crippen molar-refractivity contribution < 1.29 is 13.9 Å². The smallest absolute Gasteiger partial charge is 0.256 e. The molecule has 0 aliphatic heterocycles. The summed E-state index contributed by atoms with van der Waals surface area (Å²) in [6.45, 7) is 0. The summed E-state index contributed by atoms with van der Waals surface area (Å²) in [5, 5.41) is 2.90. The van der Waals surface area contributed by atoms with Gasteiger partial charge in [-0.1, -0.05) is 42.5 Å². The van der Waals surface area contributed by atoms with Crippen LogP contribution in [-0.4, -0.2) is 18.0 Å². The van der Waals surface area contributed by atoms with Crippen LogP contribution >= 0.6 is 0 Å². The largest absolute Gasteiger partial charge is 0.497 e. The Morgan fingerprint density at radius 2 is 1.75 bits per heavy atom. The second-order valence-electron chi connectivity index (χ2n) is 6.13. The number of hydrogen-bond acceptors (Lipinski definition) is 4. The van der Waals surface area contributed by atoms with Gasteiger partial charge in [-0.2, -0.15) is 0 Å². The summed E-state index contributed by atoms with van der Waals surface area (Å²) in [5.41, 5.74) is 2.70. The molecular weight excluding hydrogens is 352 g/mol. The molecule has 1 amide bonds. The van der Waals surface area contributed by atoms with Gasteiger partial charge in [0.1, 0.15) is 5.75 Å². The zero-order valence-electron chi connectivity index (χ0n) is 15.3. The predicted molar refractivity (Wildman–Crippen MR) is 108 cm³/mol. The minimum atomic E-state index is -0.220. The molecule has 4 rings (SSSR count). The fourth-order valence-corrected chi connectivity index (χ4v) is 2.90. The molecule has 3 aromatic carbocycles. The van der Waals surface area contributed by atoms with Gasteiger partial charge in [0.25, 0.3) is 5.91 Å². The molecule has 4 aromatic rings. The molecule has 1 aromatic heterocycles. The SMILES string of the molecule is COc1cccc(-c2cnc(-c3ccccc3C(=O)Nc3ccccc3)o2)c1. The van der Waals surface area contributed by atoms with Crippen molar-refractivity contribution in [3.63, 3.8) is 0 Å². The lowest BCUT2D eigenvalue weighted by atomic mass is 10.1. The molecule has 0 aliphatic carbocycles. The first-order valence-electron chi connectivity index (χ1n) is 8.80. The van der Waals surface area contributed by atoms with Crippen LogP contribution in [0.4, 0.5) is 5.69 Å². The van der Waals surface area contributed by atoms with E-state index in [9.17, 15) is 4.79 Å². The van der Waals surface area contributed by atoms with Crippen molar-refractivity contribution in [2.24, 2.45) is 0 Å². The highest BCUT2D eigenvalue weighted by Crippen LogP contribution is 2.30. The minimum Gasteiger partial charge on any atom is -0.497 e. The van der Waals surface area contributed by atoms with Crippen LogP contribution in [0.2, 0.25) is 0 Å². The second-order valence-corrected chi connectivity index (χ2v) is 6.13. The Morgan fingerprint density at radius 1 is 0.964 bits per heavy atom. The molecule has 28 heavy (non-hydrogen) atoms. The monoisotopic (exact) mass is 370 g/mol. The van der Waals surface area contributed by atoms with E-state index in [1.807, 2.05) is 72.8 Å². The lowest BCUT2D eigenvalue weighted by molar-refractivity contribution is 0.102. The van der Waals surface area contributed by atoms with Crippen LogP contribution < -0.4 is 10.1 Å². The zero-order chi connectivity index (χ0) is 19.3. The molecule has 0 saturated heterocycles. The van der Waals surface area contributed by atoms with Crippen LogP contribution in [-0.2, 0) is 0 Å². The zero-order valence-corrected chi connectivity index (χ0v) is 15.3. The first-order valence-corrected chi connectivity index (χ1v) is 8.80. The molecule has 0 radical (unpaired) electrons. The van der Waals surface area contributed by atoms with Crippen molar-refractivity contribution in [3.8, 4) is 28.5 Å². The standard InChI is InChI=1S/C23H18N2O3/c1-27-18-11-7-8-16(14-18)21-15-24-23(28-21)20-13-6-5-12-19(20)22(26)25-17-9-3-2-4-10-17/h2-15H,1H3,(H,25,26). The van der Waals surface area contributed by atoms with E-state index in [2.05, 4.69) is 10.3 Å². The number of carbonyl (C=O) groups excluding carboxylic acids is 1. The van der Waals surface area contributed by atoms with Crippen LogP contribution in [0.15, 0.2) is 89.5 Å². The Hall–Kier alpha value is -3.86.